The minimum absolute atomic E-state index is 0.645. The Kier molecular flexibility index (Phi) is 2.84. The van der Waals surface area contributed by atoms with Gasteiger partial charge in [-0.25, -0.2) is 0 Å². The van der Waals surface area contributed by atoms with Crippen molar-refractivity contribution in [3.63, 3.8) is 0 Å². The highest BCUT2D eigenvalue weighted by molar-refractivity contribution is 7.08. The minimum Gasteiger partial charge on any atom is -0.378 e. The van der Waals surface area contributed by atoms with Gasteiger partial charge in [0.15, 0.2) is 0 Å². The molecule has 1 aliphatic rings. The third-order valence-electron chi connectivity index (χ3n) is 2.44. The van der Waals surface area contributed by atoms with Crippen molar-refractivity contribution in [2.45, 2.75) is 6.92 Å². The molecule has 0 saturated carbocycles. The first-order valence-electron chi connectivity index (χ1n) is 4.73. The van der Waals surface area contributed by atoms with Crippen LogP contribution >= 0.6 is 11.3 Å². The average molecular weight is 210 g/mol. The Morgan fingerprint density at radius 2 is 2.14 bits per heavy atom. The van der Waals surface area contributed by atoms with Crippen molar-refractivity contribution in [2.24, 2.45) is 0 Å². The van der Waals surface area contributed by atoms with Crippen molar-refractivity contribution >= 4 is 17.2 Å². The summed E-state index contributed by atoms with van der Waals surface area (Å²) in [6.07, 6.45) is 0. The molecule has 1 aromatic rings. The molecule has 2 heterocycles. The van der Waals surface area contributed by atoms with E-state index in [0.717, 1.165) is 31.9 Å². The molecule has 4 heteroatoms. The smallest absolute Gasteiger partial charge is 0.129 e. The number of aryl methyl sites for hydroxylation is 1. The molecule has 76 valence electrons. The normalized spacial score (nSPS) is 17.1. The number of rotatable bonds is 1. The molecule has 0 unspecified atom stereocenters. The second kappa shape index (κ2) is 4.11. The molecule has 1 N–H and O–H groups in total. The van der Waals surface area contributed by atoms with E-state index in [1.54, 1.807) is 11.3 Å². The standard InChI is InChI=1S/C10H14N2OS/c1-8-6-14-7-9(8)10(11)12-2-4-13-5-3-12/h6-7,11H,2-5H2,1H3. The summed E-state index contributed by atoms with van der Waals surface area (Å²) < 4.78 is 5.26. The van der Waals surface area contributed by atoms with E-state index in [1.165, 1.54) is 5.56 Å². The van der Waals surface area contributed by atoms with E-state index in [-0.39, 0.29) is 0 Å². The molecule has 0 aliphatic carbocycles. The Balaban J connectivity index is 2.11. The molecule has 0 atom stereocenters. The number of nitrogens with one attached hydrogen (secondary N) is 1. The minimum atomic E-state index is 0.645. The van der Waals surface area contributed by atoms with Crippen LogP contribution in [0.5, 0.6) is 0 Å². The molecule has 1 saturated heterocycles. The van der Waals surface area contributed by atoms with Crippen molar-refractivity contribution in [3.8, 4) is 0 Å². The summed E-state index contributed by atoms with van der Waals surface area (Å²) in [6, 6.07) is 0. The topological polar surface area (TPSA) is 36.3 Å². The molecule has 1 fully saturated rings. The lowest BCUT2D eigenvalue weighted by molar-refractivity contribution is 0.0680. The van der Waals surface area contributed by atoms with E-state index in [1.807, 2.05) is 5.38 Å². The highest BCUT2D eigenvalue weighted by atomic mass is 32.1. The van der Waals surface area contributed by atoms with Gasteiger partial charge in [-0.05, 0) is 17.9 Å². The number of nitrogens with zero attached hydrogens (tertiary/aromatic N) is 1. The van der Waals surface area contributed by atoms with Gasteiger partial charge in [0.2, 0.25) is 0 Å². The number of ether oxygens (including phenoxy) is 1. The van der Waals surface area contributed by atoms with Crippen molar-refractivity contribution in [3.05, 3.63) is 21.9 Å². The number of hydrogen-bond acceptors (Lipinski definition) is 3. The van der Waals surface area contributed by atoms with Gasteiger partial charge in [-0.1, -0.05) is 0 Å². The molecule has 1 aromatic heterocycles. The summed E-state index contributed by atoms with van der Waals surface area (Å²) in [5.74, 6) is 0.645. The zero-order valence-electron chi connectivity index (χ0n) is 8.25. The summed E-state index contributed by atoms with van der Waals surface area (Å²) in [6.45, 7) is 5.22. The van der Waals surface area contributed by atoms with Gasteiger partial charge in [-0.2, -0.15) is 11.3 Å². The monoisotopic (exact) mass is 210 g/mol. The van der Waals surface area contributed by atoms with Crippen LogP contribution in [0.1, 0.15) is 11.1 Å². The maximum absolute atomic E-state index is 8.06. The lowest BCUT2D eigenvalue weighted by Crippen LogP contribution is -2.40. The molecule has 0 spiro atoms. The predicted molar refractivity (Wildman–Crippen MR) is 58.3 cm³/mol. The van der Waals surface area contributed by atoms with Crippen LogP contribution in [0.4, 0.5) is 0 Å². The predicted octanol–water partition coefficient (Wildman–Crippen LogP) is 1.71. The molecule has 14 heavy (non-hydrogen) atoms. The summed E-state index contributed by atoms with van der Waals surface area (Å²) in [7, 11) is 0. The van der Waals surface area contributed by atoms with Gasteiger partial charge in [-0.15, -0.1) is 0 Å². The largest absolute Gasteiger partial charge is 0.378 e. The van der Waals surface area contributed by atoms with E-state index >= 15 is 0 Å². The molecule has 2 rings (SSSR count). The average Bonchev–Trinajstić information content (AvgIpc) is 2.65. The first-order valence-corrected chi connectivity index (χ1v) is 5.67. The van der Waals surface area contributed by atoms with Crippen molar-refractivity contribution in [1.82, 2.24) is 4.90 Å². The molecular weight excluding hydrogens is 196 g/mol. The number of morpholine rings is 1. The van der Waals surface area contributed by atoms with Gasteiger partial charge in [-0.3, -0.25) is 5.41 Å². The summed E-state index contributed by atoms with van der Waals surface area (Å²) in [4.78, 5) is 2.08. The Labute approximate surface area is 87.8 Å². The van der Waals surface area contributed by atoms with E-state index in [2.05, 4.69) is 17.2 Å². The Morgan fingerprint density at radius 3 is 2.71 bits per heavy atom. The SMILES string of the molecule is Cc1cscc1C(=N)N1CCOCC1. The Hall–Kier alpha value is -0.870. The maximum Gasteiger partial charge on any atom is 0.129 e. The van der Waals surface area contributed by atoms with Crippen LogP contribution in [-0.4, -0.2) is 37.0 Å². The first-order chi connectivity index (χ1) is 6.79. The highest BCUT2D eigenvalue weighted by Crippen LogP contribution is 2.16. The Bertz CT molecular complexity index is 329. The van der Waals surface area contributed by atoms with Crippen LogP contribution in [0.15, 0.2) is 10.8 Å². The second-order valence-electron chi connectivity index (χ2n) is 3.42. The fourth-order valence-electron chi connectivity index (χ4n) is 1.56. The zero-order valence-corrected chi connectivity index (χ0v) is 9.06. The van der Waals surface area contributed by atoms with Crippen molar-refractivity contribution in [2.75, 3.05) is 26.3 Å². The fraction of sp³-hybridized carbons (Fsp3) is 0.500. The zero-order chi connectivity index (χ0) is 9.97. The quantitative estimate of drug-likeness (QED) is 0.566. The van der Waals surface area contributed by atoms with Crippen molar-refractivity contribution < 1.29 is 4.74 Å². The lowest BCUT2D eigenvalue weighted by atomic mass is 10.2. The molecule has 0 aromatic carbocycles. The fourth-order valence-corrected chi connectivity index (χ4v) is 2.39. The lowest BCUT2D eigenvalue weighted by Gasteiger charge is -2.29. The second-order valence-corrected chi connectivity index (χ2v) is 4.16. The van der Waals surface area contributed by atoms with Crippen LogP contribution in [0.2, 0.25) is 0 Å². The summed E-state index contributed by atoms with van der Waals surface area (Å²) in [5.41, 5.74) is 2.27. The van der Waals surface area contributed by atoms with E-state index in [4.69, 9.17) is 10.1 Å². The maximum atomic E-state index is 8.06. The van der Waals surface area contributed by atoms with E-state index in [0.29, 0.717) is 5.84 Å². The molecule has 0 amide bonds. The van der Waals surface area contributed by atoms with Crippen LogP contribution in [0, 0.1) is 12.3 Å². The van der Waals surface area contributed by atoms with Gasteiger partial charge in [0.05, 0.1) is 13.2 Å². The summed E-state index contributed by atoms with van der Waals surface area (Å²) in [5, 5.41) is 12.2. The van der Waals surface area contributed by atoms with Crippen LogP contribution in [-0.2, 0) is 4.74 Å². The van der Waals surface area contributed by atoms with Gasteiger partial charge in [0.25, 0.3) is 0 Å². The third kappa shape index (κ3) is 1.81. The van der Waals surface area contributed by atoms with Crippen LogP contribution in [0.3, 0.4) is 0 Å². The highest BCUT2D eigenvalue weighted by Gasteiger charge is 2.16. The first kappa shape index (κ1) is 9.68. The van der Waals surface area contributed by atoms with Gasteiger partial charge in [0, 0.05) is 24.0 Å². The van der Waals surface area contributed by atoms with Crippen LogP contribution in [0.25, 0.3) is 0 Å². The third-order valence-corrected chi connectivity index (χ3v) is 3.30. The number of hydrogen-bond donors (Lipinski definition) is 1. The van der Waals surface area contributed by atoms with Gasteiger partial charge < -0.3 is 9.64 Å². The van der Waals surface area contributed by atoms with E-state index < -0.39 is 0 Å². The number of amidine groups is 1. The number of thiophene rings is 1. The van der Waals surface area contributed by atoms with Crippen molar-refractivity contribution in [1.29, 1.82) is 5.41 Å². The molecule has 3 nitrogen and oxygen atoms in total. The Morgan fingerprint density at radius 1 is 1.43 bits per heavy atom. The van der Waals surface area contributed by atoms with Gasteiger partial charge >= 0.3 is 0 Å². The van der Waals surface area contributed by atoms with E-state index in [9.17, 15) is 0 Å². The molecule has 0 bridgehead atoms. The summed E-state index contributed by atoms with van der Waals surface area (Å²) >= 11 is 1.66. The molecule has 1 aliphatic heterocycles. The molecular formula is C10H14N2OS. The van der Waals surface area contributed by atoms with Gasteiger partial charge in [0.1, 0.15) is 5.84 Å². The molecule has 0 radical (unpaired) electrons. The van der Waals surface area contributed by atoms with Crippen LogP contribution < -0.4 is 0 Å².